The highest BCUT2D eigenvalue weighted by atomic mass is 32.1. The summed E-state index contributed by atoms with van der Waals surface area (Å²) in [6, 6.07) is 10.3. The molecule has 0 fully saturated rings. The first-order valence-corrected chi connectivity index (χ1v) is 8.49. The molecule has 0 aliphatic heterocycles. The van der Waals surface area contributed by atoms with Crippen LogP contribution in [0.25, 0.3) is 0 Å². The van der Waals surface area contributed by atoms with E-state index in [2.05, 4.69) is 12.2 Å². The van der Waals surface area contributed by atoms with Crippen molar-refractivity contribution in [2.24, 2.45) is 0 Å². The van der Waals surface area contributed by atoms with E-state index in [4.69, 9.17) is 0 Å². The van der Waals surface area contributed by atoms with Gasteiger partial charge in [0.2, 0.25) is 0 Å². The van der Waals surface area contributed by atoms with Gasteiger partial charge in [-0.25, -0.2) is 4.79 Å². The van der Waals surface area contributed by atoms with Crippen molar-refractivity contribution in [1.29, 1.82) is 0 Å². The van der Waals surface area contributed by atoms with E-state index in [1.54, 1.807) is 0 Å². The maximum atomic E-state index is 12.4. The van der Waals surface area contributed by atoms with Crippen LogP contribution in [0, 0.1) is 6.92 Å². The summed E-state index contributed by atoms with van der Waals surface area (Å²) in [5, 5.41) is 12.0. The van der Waals surface area contributed by atoms with Crippen LogP contribution in [-0.4, -0.2) is 23.0 Å². The summed E-state index contributed by atoms with van der Waals surface area (Å²) >= 11 is 1.42. The van der Waals surface area contributed by atoms with Crippen molar-refractivity contribution in [2.75, 3.05) is 0 Å². The number of aliphatic carboxylic acids is 1. The lowest BCUT2D eigenvalue weighted by molar-refractivity contribution is -0.139. The van der Waals surface area contributed by atoms with Crippen molar-refractivity contribution >= 4 is 23.2 Å². The quantitative estimate of drug-likeness (QED) is 0.817. The smallest absolute Gasteiger partial charge is 0.326 e. The lowest BCUT2D eigenvalue weighted by Crippen LogP contribution is -2.42. The average molecular weight is 331 g/mol. The first-order chi connectivity index (χ1) is 11.0. The number of hydrogen-bond donors (Lipinski definition) is 2. The molecule has 0 bridgehead atoms. The first-order valence-electron chi connectivity index (χ1n) is 7.68. The fourth-order valence-electron chi connectivity index (χ4n) is 2.43. The molecule has 0 radical (unpaired) electrons. The van der Waals surface area contributed by atoms with Crippen LogP contribution in [0.4, 0.5) is 0 Å². The number of thiophene rings is 1. The minimum absolute atomic E-state index is 0.272. The summed E-state index contributed by atoms with van der Waals surface area (Å²) in [6.45, 7) is 4.09. The number of benzene rings is 1. The van der Waals surface area contributed by atoms with Crippen LogP contribution in [0.2, 0.25) is 0 Å². The molecule has 0 saturated heterocycles. The summed E-state index contributed by atoms with van der Waals surface area (Å²) in [7, 11) is 0. The van der Waals surface area contributed by atoms with Crippen LogP contribution >= 0.6 is 11.3 Å². The Balaban J connectivity index is 2.09. The average Bonchev–Trinajstić information content (AvgIpc) is 2.89. The van der Waals surface area contributed by atoms with Gasteiger partial charge in [0.25, 0.3) is 5.91 Å². The fraction of sp³-hybridized carbons (Fsp3) is 0.333. The fourth-order valence-corrected chi connectivity index (χ4v) is 3.40. The molecule has 0 aliphatic rings. The number of aryl methyl sites for hydroxylation is 2. The molecular weight excluding hydrogens is 310 g/mol. The summed E-state index contributed by atoms with van der Waals surface area (Å²) in [5.74, 6) is -1.34. The van der Waals surface area contributed by atoms with Gasteiger partial charge in [-0.1, -0.05) is 43.7 Å². The standard InChI is InChI=1S/C18H21NO3S/c1-3-7-14-11-16(23-12(14)2)17(20)19-15(18(21)22)10-13-8-5-4-6-9-13/h4-6,8-9,11,15H,3,7,10H2,1-2H3,(H,19,20)(H,21,22). The van der Waals surface area contributed by atoms with E-state index in [0.717, 1.165) is 28.8 Å². The van der Waals surface area contributed by atoms with Gasteiger partial charge >= 0.3 is 5.97 Å². The van der Waals surface area contributed by atoms with E-state index in [-0.39, 0.29) is 12.3 Å². The van der Waals surface area contributed by atoms with Crippen molar-refractivity contribution in [1.82, 2.24) is 5.32 Å². The molecule has 1 amide bonds. The van der Waals surface area contributed by atoms with Crippen molar-refractivity contribution in [3.8, 4) is 0 Å². The summed E-state index contributed by atoms with van der Waals surface area (Å²) in [6.07, 6.45) is 2.22. The van der Waals surface area contributed by atoms with E-state index in [1.807, 2.05) is 43.3 Å². The number of carboxylic acid groups (broad SMARTS) is 1. The van der Waals surface area contributed by atoms with Crippen LogP contribution < -0.4 is 5.32 Å². The van der Waals surface area contributed by atoms with Gasteiger partial charge in [-0.3, -0.25) is 4.79 Å². The number of hydrogen-bond acceptors (Lipinski definition) is 3. The Hall–Kier alpha value is -2.14. The zero-order valence-electron chi connectivity index (χ0n) is 13.3. The molecule has 23 heavy (non-hydrogen) atoms. The van der Waals surface area contributed by atoms with E-state index in [9.17, 15) is 14.7 Å². The third kappa shape index (κ3) is 4.66. The topological polar surface area (TPSA) is 66.4 Å². The highest BCUT2D eigenvalue weighted by Crippen LogP contribution is 2.23. The van der Waals surface area contributed by atoms with Crippen molar-refractivity contribution in [3.63, 3.8) is 0 Å². The third-order valence-electron chi connectivity index (χ3n) is 3.65. The number of amides is 1. The van der Waals surface area contributed by atoms with Gasteiger partial charge in [0.05, 0.1) is 4.88 Å². The number of carboxylic acids is 1. The van der Waals surface area contributed by atoms with Crippen molar-refractivity contribution in [2.45, 2.75) is 39.2 Å². The van der Waals surface area contributed by atoms with Crippen molar-refractivity contribution < 1.29 is 14.7 Å². The summed E-state index contributed by atoms with van der Waals surface area (Å²) in [4.78, 5) is 25.5. The zero-order chi connectivity index (χ0) is 16.8. The maximum absolute atomic E-state index is 12.4. The van der Waals surface area contributed by atoms with Gasteiger partial charge < -0.3 is 10.4 Å². The molecule has 122 valence electrons. The lowest BCUT2D eigenvalue weighted by atomic mass is 10.1. The molecule has 4 nitrogen and oxygen atoms in total. The molecule has 1 atom stereocenters. The third-order valence-corrected chi connectivity index (χ3v) is 4.74. The Morgan fingerprint density at radius 1 is 1.26 bits per heavy atom. The van der Waals surface area contributed by atoms with E-state index >= 15 is 0 Å². The molecule has 2 rings (SSSR count). The number of rotatable bonds is 7. The molecule has 0 spiro atoms. The van der Waals surface area contributed by atoms with E-state index in [1.165, 1.54) is 11.3 Å². The largest absolute Gasteiger partial charge is 0.480 e. The van der Waals surface area contributed by atoms with E-state index in [0.29, 0.717) is 4.88 Å². The maximum Gasteiger partial charge on any atom is 0.326 e. The van der Waals surface area contributed by atoms with Crippen LogP contribution in [0.5, 0.6) is 0 Å². The summed E-state index contributed by atoms with van der Waals surface area (Å²) < 4.78 is 0. The molecule has 0 aliphatic carbocycles. The Labute approximate surface area is 140 Å². The molecule has 1 aromatic carbocycles. The van der Waals surface area contributed by atoms with Crippen molar-refractivity contribution in [3.05, 3.63) is 57.3 Å². The SMILES string of the molecule is CCCc1cc(C(=O)NC(Cc2ccccc2)C(=O)O)sc1C. The molecule has 0 saturated carbocycles. The predicted octanol–water partition coefficient (Wildman–Crippen LogP) is 3.43. The van der Waals surface area contributed by atoms with Crippen LogP contribution in [0.15, 0.2) is 36.4 Å². The van der Waals surface area contributed by atoms with Gasteiger partial charge in [0.15, 0.2) is 0 Å². The van der Waals surface area contributed by atoms with Gasteiger partial charge in [0, 0.05) is 11.3 Å². The Kier molecular flexibility index (Phi) is 5.93. The Morgan fingerprint density at radius 2 is 1.96 bits per heavy atom. The molecule has 1 unspecified atom stereocenters. The molecular formula is C18H21NO3S. The highest BCUT2D eigenvalue weighted by molar-refractivity contribution is 7.14. The minimum atomic E-state index is -1.02. The normalized spacial score (nSPS) is 11.9. The Morgan fingerprint density at radius 3 is 2.57 bits per heavy atom. The van der Waals surface area contributed by atoms with Gasteiger partial charge in [-0.15, -0.1) is 11.3 Å². The second-order valence-corrected chi connectivity index (χ2v) is 6.75. The number of carbonyl (C=O) groups is 2. The lowest BCUT2D eigenvalue weighted by Gasteiger charge is -2.14. The van der Waals surface area contributed by atoms with Gasteiger partial charge in [-0.05, 0) is 30.5 Å². The highest BCUT2D eigenvalue weighted by Gasteiger charge is 2.22. The molecule has 5 heteroatoms. The second-order valence-electron chi connectivity index (χ2n) is 5.50. The first kappa shape index (κ1) is 17.2. The second kappa shape index (κ2) is 7.92. The van der Waals surface area contributed by atoms with E-state index < -0.39 is 12.0 Å². The monoisotopic (exact) mass is 331 g/mol. The molecule has 2 N–H and O–H groups in total. The van der Waals surface area contributed by atoms with Gasteiger partial charge in [0.1, 0.15) is 6.04 Å². The van der Waals surface area contributed by atoms with Crippen LogP contribution in [0.3, 0.4) is 0 Å². The van der Waals surface area contributed by atoms with Gasteiger partial charge in [-0.2, -0.15) is 0 Å². The zero-order valence-corrected chi connectivity index (χ0v) is 14.2. The predicted molar refractivity (Wildman–Crippen MR) is 92.1 cm³/mol. The number of nitrogens with one attached hydrogen (secondary N) is 1. The molecule has 1 heterocycles. The number of carbonyl (C=O) groups excluding carboxylic acids is 1. The Bertz CT molecular complexity index is 679. The molecule has 2 aromatic rings. The minimum Gasteiger partial charge on any atom is -0.480 e. The van der Waals surface area contributed by atoms with Crippen LogP contribution in [-0.2, 0) is 17.6 Å². The van der Waals surface area contributed by atoms with Crippen LogP contribution in [0.1, 0.15) is 39.0 Å². The molecule has 1 aromatic heterocycles. The summed E-state index contributed by atoms with van der Waals surface area (Å²) in [5.41, 5.74) is 2.05.